The molecule has 4 nitrogen and oxygen atoms in total. The molecule has 2 heterocycles. The number of amides is 1. The molecule has 0 radical (unpaired) electrons. The van der Waals surface area contributed by atoms with Gasteiger partial charge in [0.25, 0.3) is 5.91 Å². The molecule has 1 aromatic heterocycles. The van der Waals surface area contributed by atoms with Crippen LogP contribution in [0.5, 0.6) is 0 Å². The number of benzene rings is 1. The summed E-state index contributed by atoms with van der Waals surface area (Å²) in [6, 6.07) is 10.3. The first-order valence-electron chi connectivity index (χ1n) is 7.96. The van der Waals surface area contributed by atoms with Crippen molar-refractivity contribution in [2.75, 3.05) is 24.5 Å². The van der Waals surface area contributed by atoms with Crippen molar-refractivity contribution in [3.63, 3.8) is 0 Å². The molecule has 0 aliphatic carbocycles. The standard InChI is InChI=1S/C18H20FN3O/c19-16-6-2-1-5-14(16)9-10-20-18(23)17-8-7-15(13-21-17)22-11-3-4-12-22/h1-2,5-8,13H,3-4,9-12H2,(H,20,23). The fourth-order valence-corrected chi connectivity index (χ4v) is 2.79. The number of halogens is 1. The van der Waals surface area contributed by atoms with E-state index in [-0.39, 0.29) is 11.7 Å². The van der Waals surface area contributed by atoms with Crippen LogP contribution in [0.2, 0.25) is 0 Å². The number of rotatable bonds is 5. The van der Waals surface area contributed by atoms with Crippen LogP contribution in [0, 0.1) is 5.82 Å². The maximum absolute atomic E-state index is 13.5. The largest absolute Gasteiger partial charge is 0.370 e. The molecule has 23 heavy (non-hydrogen) atoms. The molecule has 1 aliphatic rings. The Balaban J connectivity index is 1.53. The number of carbonyl (C=O) groups is 1. The fraction of sp³-hybridized carbons (Fsp3) is 0.333. The molecular weight excluding hydrogens is 293 g/mol. The second-order valence-electron chi connectivity index (χ2n) is 5.69. The second-order valence-corrected chi connectivity index (χ2v) is 5.69. The van der Waals surface area contributed by atoms with Crippen molar-refractivity contribution in [1.29, 1.82) is 0 Å². The first-order valence-corrected chi connectivity index (χ1v) is 7.96. The van der Waals surface area contributed by atoms with Gasteiger partial charge < -0.3 is 10.2 Å². The minimum absolute atomic E-state index is 0.227. The Morgan fingerprint density at radius 1 is 1.17 bits per heavy atom. The topological polar surface area (TPSA) is 45.2 Å². The Morgan fingerprint density at radius 3 is 2.65 bits per heavy atom. The number of hydrogen-bond donors (Lipinski definition) is 1. The lowest BCUT2D eigenvalue weighted by Gasteiger charge is -2.16. The van der Waals surface area contributed by atoms with E-state index in [1.807, 2.05) is 6.07 Å². The van der Waals surface area contributed by atoms with Gasteiger partial charge in [0.2, 0.25) is 0 Å². The average Bonchev–Trinajstić information content (AvgIpc) is 3.11. The molecule has 1 aliphatic heterocycles. The van der Waals surface area contributed by atoms with Crippen LogP contribution < -0.4 is 10.2 Å². The first-order chi connectivity index (χ1) is 11.2. The Morgan fingerprint density at radius 2 is 1.96 bits per heavy atom. The van der Waals surface area contributed by atoms with Crippen LogP contribution >= 0.6 is 0 Å². The van der Waals surface area contributed by atoms with Gasteiger partial charge in [-0.1, -0.05) is 18.2 Å². The summed E-state index contributed by atoms with van der Waals surface area (Å²) < 4.78 is 13.5. The van der Waals surface area contributed by atoms with Crippen LogP contribution in [0.4, 0.5) is 10.1 Å². The van der Waals surface area contributed by atoms with E-state index in [2.05, 4.69) is 15.2 Å². The van der Waals surface area contributed by atoms with Crippen LogP contribution in [0.3, 0.4) is 0 Å². The van der Waals surface area contributed by atoms with Gasteiger partial charge >= 0.3 is 0 Å². The predicted molar refractivity (Wildman–Crippen MR) is 88.1 cm³/mol. The summed E-state index contributed by atoms with van der Waals surface area (Å²) >= 11 is 0. The van der Waals surface area contributed by atoms with Crippen molar-refractivity contribution in [1.82, 2.24) is 10.3 Å². The number of nitrogens with zero attached hydrogens (tertiary/aromatic N) is 2. The van der Waals surface area contributed by atoms with Gasteiger partial charge in [0.15, 0.2) is 0 Å². The van der Waals surface area contributed by atoms with Gasteiger partial charge in [0.1, 0.15) is 11.5 Å². The highest BCUT2D eigenvalue weighted by atomic mass is 19.1. The van der Waals surface area contributed by atoms with Crippen molar-refractivity contribution >= 4 is 11.6 Å². The van der Waals surface area contributed by atoms with Gasteiger partial charge in [-0.3, -0.25) is 4.79 Å². The molecule has 0 bridgehead atoms. The SMILES string of the molecule is O=C(NCCc1ccccc1F)c1ccc(N2CCCC2)cn1. The molecule has 1 saturated heterocycles. The Hall–Kier alpha value is -2.43. The zero-order valence-electron chi connectivity index (χ0n) is 13.0. The minimum atomic E-state index is -0.241. The quantitative estimate of drug-likeness (QED) is 0.923. The maximum atomic E-state index is 13.5. The number of pyridine rings is 1. The van der Waals surface area contributed by atoms with Gasteiger partial charge in [-0.15, -0.1) is 0 Å². The summed E-state index contributed by atoms with van der Waals surface area (Å²) in [5.41, 5.74) is 2.05. The molecule has 1 amide bonds. The molecular formula is C18H20FN3O. The zero-order valence-corrected chi connectivity index (χ0v) is 13.0. The molecule has 3 rings (SSSR count). The number of nitrogens with one attached hydrogen (secondary N) is 1. The van der Waals surface area contributed by atoms with Crippen LogP contribution in [0.25, 0.3) is 0 Å². The predicted octanol–water partition coefficient (Wildman–Crippen LogP) is 2.79. The van der Waals surface area contributed by atoms with Gasteiger partial charge in [0.05, 0.1) is 11.9 Å². The maximum Gasteiger partial charge on any atom is 0.269 e. The number of aromatic nitrogens is 1. The van der Waals surface area contributed by atoms with E-state index < -0.39 is 0 Å². The third-order valence-electron chi connectivity index (χ3n) is 4.09. The van der Waals surface area contributed by atoms with E-state index in [0.29, 0.717) is 24.2 Å². The van der Waals surface area contributed by atoms with E-state index in [9.17, 15) is 9.18 Å². The summed E-state index contributed by atoms with van der Waals surface area (Å²) in [4.78, 5) is 18.6. The lowest BCUT2D eigenvalue weighted by molar-refractivity contribution is 0.0949. The van der Waals surface area contributed by atoms with E-state index in [0.717, 1.165) is 18.8 Å². The second kappa shape index (κ2) is 7.22. The molecule has 5 heteroatoms. The summed E-state index contributed by atoms with van der Waals surface area (Å²) in [6.45, 7) is 2.49. The van der Waals surface area contributed by atoms with Gasteiger partial charge in [-0.05, 0) is 43.0 Å². The summed E-state index contributed by atoms with van der Waals surface area (Å²) in [7, 11) is 0. The normalized spacial score (nSPS) is 14.0. The molecule has 0 atom stereocenters. The molecule has 1 aromatic carbocycles. The van der Waals surface area contributed by atoms with Crippen LogP contribution in [-0.4, -0.2) is 30.5 Å². The van der Waals surface area contributed by atoms with Crippen molar-refractivity contribution in [2.45, 2.75) is 19.3 Å². The molecule has 1 N–H and O–H groups in total. The van der Waals surface area contributed by atoms with E-state index in [1.165, 1.54) is 18.9 Å². The van der Waals surface area contributed by atoms with Crippen LogP contribution in [-0.2, 0) is 6.42 Å². The Labute approximate surface area is 135 Å². The van der Waals surface area contributed by atoms with E-state index in [4.69, 9.17) is 0 Å². The molecule has 2 aromatic rings. The Kier molecular flexibility index (Phi) is 4.86. The van der Waals surface area contributed by atoms with E-state index >= 15 is 0 Å². The molecule has 0 unspecified atom stereocenters. The average molecular weight is 313 g/mol. The van der Waals surface area contributed by atoms with E-state index in [1.54, 1.807) is 30.5 Å². The number of anilines is 1. The van der Waals surface area contributed by atoms with Gasteiger partial charge in [-0.25, -0.2) is 9.37 Å². The molecule has 1 fully saturated rings. The fourth-order valence-electron chi connectivity index (χ4n) is 2.79. The van der Waals surface area contributed by atoms with Crippen LogP contribution in [0.1, 0.15) is 28.9 Å². The highest BCUT2D eigenvalue weighted by molar-refractivity contribution is 5.92. The third kappa shape index (κ3) is 3.86. The first kappa shape index (κ1) is 15.5. The molecule has 120 valence electrons. The van der Waals surface area contributed by atoms with Crippen molar-refractivity contribution in [3.8, 4) is 0 Å². The smallest absolute Gasteiger partial charge is 0.269 e. The summed E-state index contributed by atoms with van der Waals surface area (Å²) in [6.07, 6.45) is 4.62. The summed E-state index contributed by atoms with van der Waals surface area (Å²) in [5, 5.41) is 2.78. The Bertz CT molecular complexity index is 666. The highest BCUT2D eigenvalue weighted by Gasteiger charge is 2.13. The monoisotopic (exact) mass is 313 g/mol. The van der Waals surface area contributed by atoms with Crippen molar-refractivity contribution in [3.05, 3.63) is 59.7 Å². The lowest BCUT2D eigenvalue weighted by atomic mass is 10.1. The van der Waals surface area contributed by atoms with Crippen LogP contribution in [0.15, 0.2) is 42.6 Å². The molecule has 0 spiro atoms. The number of carbonyl (C=O) groups excluding carboxylic acids is 1. The minimum Gasteiger partial charge on any atom is -0.370 e. The molecule has 0 saturated carbocycles. The number of hydrogen-bond acceptors (Lipinski definition) is 3. The summed E-state index contributed by atoms with van der Waals surface area (Å²) in [5.74, 6) is -0.468. The van der Waals surface area contributed by atoms with Crippen molar-refractivity contribution < 1.29 is 9.18 Å². The van der Waals surface area contributed by atoms with Gasteiger partial charge in [-0.2, -0.15) is 0 Å². The zero-order chi connectivity index (χ0) is 16.1. The lowest BCUT2D eigenvalue weighted by Crippen LogP contribution is -2.27. The van der Waals surface area contributed by atoms with Crippen molar-refractivity contribution in [2.24, 2.45) is 0 Å². The third-order valence-corrected chi connectivity index (χ3v) is 4.09. The highest BCUT2D eigenvalue weighted by Crippen LogP contribution is 2.18. The van der Waals surface area contributed by atoms with Gasteiger partial charge in [0, 0.05) is 19.6 Å².